The molecule has 3 N–H and O–H groups in total. The summed E-state index contributed by atoms with van der Waals surface area (Å²) in [5, 5.41) is 4.12. The predicted molar refractivity (Wildman–Crippen MR) is 213 cm³/mol. The maximum absolute atomic E-state index is 13.2. The molecule has 3 aromatic carbocycles. The minimum atomic E-state index is 0.154. The lowest BCUT2D eigenvalue weighted by Crippen LogP contribution is -2.49. The molecule has 3 unspecified atom stereocenters. The topological polar surface area (TPSA) is 85.8 Å². The summed E-state index contributed by atoms with van der Waals surface area (Å²) in [6.07, 6.45) is 11.0. The van der Waals surface area contributed by atoms with Crippen LogP contribution in [0.1, 0.15) is 96.6 Å². The maximum atomic E-state index is 13.2. The predicted octanol–water partition coefficient (Wildman–Crippen LogP) is 10.1. The summed E-state index contributed by atoms with van der Waals surface area (Å²) >= 11 is 0. The van der Waals surface area contributed by atoms with Crippen molar-refractivity contribution < 1.29 is 4.79 Å². The molecule has 2 fully saturated rings. The van der Waals surface area contributed by atoms with Gasteiger partial charge in [-0.05, 0) is 95.9 Å². The Morgan fingerprint density at radius 3 is 2.42 bits per heavy atom. The van der Waals surface area contributed by atoms with Crippen LogP contribution in [0.3, 0.4) is 0 Å². The minimum absolute atomic E-state index is 0.154. The van der Waals surface area contributed by atoms with E-state index in [1.165, 1.54) is 25.7 Å². The van der Waals surface area contributed by atoms with Crippen LogP contribution < -0.4 is 11.1 Å². The number of nitrogens with one attached hydrogen (secondary N) is 1. The second-order valence-electron chi connectivity index (χ2n) is 17.0. The number of nitrogen functional groups attached to an aromatic ring is 1. The molecule has 6 nitrogen and oxygen atoms in total. The van der Waals surface area contributed by atoms with E-state index in [4.69, 9.17) is 10.7 Å². The summed E-state index contributed by atoms with van der Waals surface area (Å²) in [6, 6.07) is 29.3. The monoisotopic (exact) mass is 691 g/mol. The van der Waals surface area contributed by atoms with Crippen molar-refractivity contribution in [1.29, 1.82) is 0 Å². The van der Waals surface area contributed by atoms with Crippen molar-refractivity contribution in [3.8, 4) is 34.2 Å². The molecule has 268 valence electrons. The van der Waals surface area contributed by atoms with Gasteiger partial charge in [0, 0.05) is 37.1 Å². The van der Waals surface area contributed by atoms with Gasteiger partial charge in [-0.25, -0.2) is 9.97 Å². The van der Waals surface area contributed by atoms with Crippen molar-refractivity contribution in [1.82, 2.24) is 19.9 Å². The van der Waals surface area contributed by atoms with E-state index in [0.717, 1.165) is 76.8 Å². The minimum Gasteiger partial charge on any atom is -0.383 e. The molecule has 2 aromatic heterocycles. The van der Waals surface area contributed by atoms with Crippen LogP contribution in [-0.4, -0.2) is 27.0 Å². The number of nitrogens with two attached hydrogens (primary N) is 1. The summed E-state index contributed by atoms with van der Waals surface area (Å²) in [5.74, 6) is 8.18. The summed E-state index contributed by atoms with van der Waals surface area (Å²) < 4.78 is 2.26. The van der Waals surface area contributed by atoms with E-state index < -0.39 is 0 Å². The lowest BCUT2D eigenvalue weighted by Gasteiger charge is -2.58. The summed E-state index contributed by atoms with van der Waals surface area (Å²) in [6.45, 7) is 11.0. The van der Waals surface area contributed by atoms with Crippen LogP contribution in [-0.2, 0) is 11.3 Å². The normalized spacial score (nSPS) is 22.0. The third kappa shape index (κ3) is 7.80. The van der Waals surface area contributed by atoms with E-state index in [9.17, 15) is 4.79 Å². The average Bonchev–Trinajstić information content (AvgIpc) is 3.42. The molecule has 6 heteroatoms. The van der Waals surface area contributed by atoms with Crippen LogP contribution in [0, 0.1) is 34.0 Å². The molecule has 0 spiro atoms. The van der Waals surface area contributed by atoms with Gasteiger partial charge in [0.2, 0.25) is 5.91 Å². The number of anilines is 1. The Hall–Kier alpha value is -4.89. The van der Waals surface area contributed by atoms with E-state index in [0.29, 0.717) is 35.5 Å². The quantitative estimate of drug-likeness (QED) is 0.113. The van der Waals surface area contributed by atoms with Crippen molar-refractivity contribution in [2.24, 2.45) is 22.2 Å². The highest BCUT2D eigenvalue weighted by atomic mass is 16.1. The highest BCUT2D eigenvalue weighted by Crippen LogP contribution is 2.63. The van der Waals surface area contributed by atoms with Gasteiger partial charge < -0.3 is 15.6 Å². The molecule has 2 aliphatic carbocycles. The first-order chi connectivity index (χ1) is 25.0. The number of hydrogen-bond donors (Lipinski definition) is 2. The Balaban J connectivity index is 1.00. The van der Waals surface area contributed by atoms with Crippen LogP contribution in [0.25, 0.3) is 33.4 Å². The molecule has 1 amide bonds. The largest absolute Gasteiger partial charge is 0.383 e. The SMILES string of the molecule is CC1CC2(C)CC(C)(C)CC(CC(=O)NCCCCC#Cc3cccc(Cn4c(-c5ccccc5)c(-c5ccccc5)c5c(N)ncnc54)c3)(C1)C2. The summed E-state index contributed by atoms with van der Waals surface area (Å²) in [4.78, 5) is 22.3. The Bertz CT molecular complexity index is 2100. The standard InChI is InChI=1S/C46H53N5O/c1-33-25-45(4)29-44(2,3)30-46(26-33,31-45)27-38(52)48-23-14-6-5-9-16-34-17-15-18-35(24-34)28-51-41(37-21-12-8-13-22-37)39(36-19-10-7-11-20-36)40-42(47)49-32-50-43(40)51/h7-8,10-13,15,17-22,24,32-33H,5-6,14,23,25-31H2,1-4H3,(H,48,52)(H2,47,49,50). The van der Waals surface area contributed by atoms with Gasteiger partial charge in [0.1, 0.15) is 17.8 Å². The zero-order valence-electron chi connectivity index (χ0n) is 31.3. The first-order valence-corrected chi connectivity index (χ1v) is 19.1. The number of nitrogens with zero attached hydrogens (tertiary/aromatic N) is 3. The molecule has 2 heterocycles. The fourth-order valence-electron chi connectivity index (χ4n) is 10.6. The zero-order valence-corrected chi connectivity index (χ0v) is 31.3. The summed E-state index contributed by atoms with van der Waals surface area (Å²) in [7, 11) is 0. The number of carbonyl (C=O) groups excluding carboxylic acids is 1. The Labute approximate surface area is 309 Å². The van der Waals surface area contributed by atoms with Gasteiger partial charge >= 0.3 is 0 Å². The fourth-order valence-corrected chi connectivity index (χ4v) is 10.6. The zero-order chi connectivity index (χ0) is 36.3. The molecular weight excluding hydrogens is 639 g/mol. The molecule has 5 aromatic rings. The Kier molecular flexibility index (Phi) is 9.98. The molecule has 2 saturated carbocycles. The molecule has 2 aliphatic rings. The van der Waals surface area contributed by atoms with E-state index in [-0.39, 0.29) is 11.3 Å². The second kappa shape index (κ2) is 14.6. The second-order valence-corrected chi connectivity index (χ2v) is 17.0. The smallest absolute Gasteiger partial charge is 0.220 e. The average molecular weight is 692 g/mol. The fraction of sp³-hybridized carbons (Fsp3) is 0.413. The first-order valence-electron chi connectivity index (χ1n) is 19.1. The van der Waals surface area contributed by atoms with Gasteiger partial charge in [0.25, 0.3) is 0 Å². The third-order valence-electron chi connectivity index (χ3n) is 11.2. The van der Waals surface area contributed by atoms with E-state index >= 15 is 0 Å². The van der Waals surface area contributed by atoms with Crippen molar-refractivity contribution in [2.75, 3.05) is 12.3 Å². The van der Waals surface area contributed by atoms with E-state index in [1.807, 2.05) is 24.3 Å². The molecule has 7 rings (SSSR count). The number of rotatable bonds is 10. The van der Waals surface area contributed by atoms with Gasteiger partial charge in [-0.15, -0.1) is 0 Å². The lowest BCUT2D eigenvalue weighted by atomic mass is 9.47. The first kappa shape index (κ1) is 35.5. The van der Waals surface area contributed by atoms with Crippen LogP contribution in [0.2, 0.25) is 0 Å². The molecule has 0 radical (unpaired) electrons. The summed E-state index contributed by atoms with van der Waals surface area (Å²) in [5.41, 5.74) is 14.6. The Morgan fingerprint density at radius 2 is 1.65 bits per heavy atom. The number of benzene rings is 3. The van der Waals surface area contributed by atoms with Crippen LogP contribution >= 0.6 is 0 Å². The van der Waals surface area contributed by atoms with Gasteiger partial charge in [0.05, 0.1) is 11.1 Å². The van der Waals surface area contributed by atoms with Gasteiger partial charge in [-0.2, -0.15) is 0 Å². The molecule has 2 bridgehead atoms. The number of hydrogen-bond acceptors (Lipinski definition) is 4. The molecular formula is C46H53N5O. The number of amides is 1. The highest BCUT2D eigenvalue weighted by Gasteiger charge is 2.53. The highest BCUT2D eigenvalue weighted by molar-refractivity contribution is 6.07. The van der Waals surface area contributed by atoms with Gasteiger partial charge in [-0.3, -0.25) is 4.79 Å². The van der Waals surface area contributed by atoms with Crippen molar-refractivity contribution >= 4 is 22.8 Å². The maximum Gasteiger partial charge on any atom is 0.220 e. The van der Waals surface area contributed by atoms with E-state index in [2.05, 4.69) is 115 Å². The van der Waals surface area contributed by atoms with Crippen molar-refractivity contribution in [3.63, 3.8) is 0 Å². The molecule has 0 saturated heterocycles. The number of fused-ring (bicyclic) bond motifs is 3. The van der Waals surface area contributed by atoms with Crippen molar-refractivity contribution in [2.45, 2.75) is 92.0 Å². The lowest BCUT2D eigenvalue weighted by molar-refractivity contribution is -0.131. The number of unbranched alkanes of at least 4 members (excludes halogenated alkanes) is 2. The molecule has 0 aliphatic heterocycles. The number of carbonyl (C=O) groups is 1. The Morgan fingerprint density at radius 1 is 0.904 bits per heavy atom. The van der Waals surface area contributed by atoms with Crippen LogP contribution in [0.5, 0.6) is 0 Å². The van der Waals surface area contributed by atoms with Crippen molar-refractivity contribution in [3.05, 3.63) is 102 Å². The van der Waals surface area contributed by atoms with E-state index in [1.54, 1.807) is 6.33 Å². The van der Waals surface area contributed by atoms with Crippen LogP contribution in [0.15, 0.2) is 91.3 Å². The number of aromatic nitrogens is 3. The van der Waals surface area contributed by atoms with Gasteiger partial charge in [0.15, 0.2) is 0 Å². The third-order valence-corrected chi connectivity index (χ3v) is 11.2. The molecule has 3 atom stereocenters. The molecule has 52 heavy (non-hydrogen) atoms. The van der Waals surface area contributed by atoms with Gasteiger partial charge in [-0.1, -0.05) is 112 Å². The van der Waals surface area contributed by atoms with Crippen LogP contribution in [0.4, 0.5) is 5.82 Å².